The van der Waals surface area contributed by atoms with Gasteiger partial charge in [-0.2, -0.15) is 0 Å². The SMILES string of the molecule is C=N/C(C)=C/C=C\C. The van der Waals surface area contributed by atoms with Crippen molar-refractivity contribution >= 4 is 6.72 Å². The molecule has 0 N–H and O–H groups in total. The van der Waals surface area contributed by atoms with E-state index in [9.17, 15) is 0 Å². The smallest absolute Gasteiger partial charge is 0.0365 e. The molecule has 0 unspecified atom stereocenters. The van der Waals surface area contributed by atoms with E-state index >= 15 is 0 Å². The highest BCUT2D eigenvalue weighted by atomic mass is 14.7. The molecule has 0 fully saturated rings. The van der Waals surface area contributed by atoms with E-state index in [4.69, 9.17) is 0 Å². The van der Waals surface area contributed by atoms with Gasteiger partial charge in [0.05, 0.1) is 0 Å². The third kappa shape index (κ3) is 3.34. The van der Waals surface area contributed by atoms with Crippen LogP contribution in [0.5, 0.6) is 0 Å². The molecule has 0 aromatic heterocycles. The second-order valence-electron chi connectivity index (χ2n) is 1.49. The average Bonchev–Trinajstić information content (AvgIpc) is 1.83. The molecule has 0 rings (SSSR count). The number of allylic oxidation sites excluding steroid dienone is 4. The van der Waals surface area contributed by atoms with Gasteiger partial charge in [0, 0.05) is 5.70 Å². The van der Waals surface area contributed by atoms with Crippen LogP contribution < -0.4 is 0 Å². The molecule has 0 amide bonds. The fourth-order valence-electron chi connectivity index (χ4n) is 0.288. The van der Waals surface area contributed by atoms with Crippen molar-refractivity contribution in [1.29, 1.82) is 0 Å². The number of hydrogen-bond donors (Lipinski definition) is 0. The largest absolute Gasteiger partial charge is 0.269 e. The van der Waals surface area contributed by atoms with Crippen LogP contribution in [-0.4, -0.2) is 6.72 Å². The van der Waals surface area contributed by atoms with Gasteiger partial charge in [-0.05, 0) is 26.6 Å². The summed E-state index contributed by atoms with van der Waals surface area (Å²) < 4.78 is 0. The Morgan fingerprint density at radius 1 is 1.62 bits per heavy atom. The van der Waals surface area contributed by atoms with E-state index in [0.29, 0.717) is 0 Å². The second kappa shape index (κ2) is 4.31. The van der Waals surface area contributed by atoms with Gasteiger partial charge in [0.1, 0.15) is 0 Å². The maximum Gasteiger partial charge on any atom is 0.0365 e. The Morgan fingerprint density at radius 3 is 2.62 bits per heavy atom. The topological polar surface area (TPSA) is 12.4 Å². The molecule has 0 aliphatic heterocycles. The van der Waals surface area contributed by atoms with Crippen LogP contribution in [0.15, 0.2) is 28.9 Å². The van der Waals surface area contributed by atoms with Gasteiger partial charge in [-0.3, -0.25) is 4.99 Å². The summed E-state index contributed by atoms with van der Waals surface area (Å²) in [4.78, 5) is 3.69. The van der Waals surface area contributed by atoms with Crippen LogP contribution in [0.2, 0.25) is 0 Å². The maximum absolute atomic E-state index is 3.69. The molecule has 0 radical (unpaired) electrons. The van der Waals surface area contributed by atoms with E-state index in [2.05, 4.69) is 11.7 Å². The van der Waals surface area contributed by atoms with Gasteiger partial charge in [0.25, 0.3) is 0 Å². The van der Waals surface area contributed by atoms with Crippen LogP contribution in [-0.2, 0) is 0 Å². The van der Waals surface area contributed by atoms with E-state index in [1.54, 1.807) is 0 Å². The first-order valence-electron chi connectivity index (χ1n) is 2.57. The normalized spacial score (nSPS) is 12.5. The molecule has 1 nitrogen and oxygen atoms in total. The van der Waals surface area contributed by atoms with Crippen molar-refractivity contribution in [3.05, 3.63) is 23.9 Å². The lowest BCUT2D eigenvalue weighted by molar-refractivity contribution is 1.33. The lowest BCUT2D eigenvalue weighted by atomic mass is 10.4. The number of rotatable bonds is 2. The van der Waals surface area contributed by atoms with Gasteiger partial charge in [-0.15, -0.1) is 0 Å². The molecule has 8 heavy (non-hydrogen) atoms. The van der Waals surface area contributed by atoms with Crippen LogP contribution in [0.1, 0.15) is 13.8 Å². The molecule has 44 valence electrons. The van der Waals surface area contributed by atoms with Crippen molar-refractivity contribution in [2.45, 2.75) is 13.8 Å². The third-order valence-corrected chi connectivity index (χ3v) is 0.779. The highest BCUT2D eigenvalue weighted by molar-refractivity contribution is 5.29. The lowest BCUT2D eigenvalue weighted by Gasteiger charge is -1.81. The Morgan fingerprint density at radius 2 is 2.25 bits per heavy atom. The number of hydrogen-bond acceptors (Lipinski definition) is 1. The van der Waals surface area contributed by atoms with Crippen LogP contribution in [0.4, 0.5) is 0 Å². The molecular formula is C7H11N. The van der Waals surface area contributed by atoms with Gasteiger partial charge >= 0.3 is 0 Å². The molecule has 0 bridgehead atoms. The van der Waals surface area contributed by atoms with Crippen LogP contribution >= 0.6 is 0 Å². The predicted molar refractivity (Wildman–Crippen MR) is 38.1 cm³/mol. The standard InChI is InChI=1S/C7H11N/c1-4-5-6-7(2)8-3/h4-6H,3H2,1-2H3/b5-4-,7-6+. The Labute approximate surface area is 50.4 Å². The second-order valence-corrected chi connectivity index (χ2v) is 1.49. The summed E-state index contributed by atoms with van der Waals surface area (Å²) in [6, 6.07) is 0. The van der Waals surface area contributed by atoms with Crippen LogP contribution in [0, 0.1) is 0 Å². The van der Waals surface area contributed by atoms with Gasteiger partial charge in [0.2, 0.25) is 0 Å². The van der Waals surface area contributed by atoms with Crippen LogP contribution in [0.3, 0.4) is 0 Å². The maximum atomic E-state index is 3.69. The quantitative estimate of drug-likeness (QED) is 0.380. The fourth-order valence-corrected chi connectivity index (χ4v) is 0.288. The summed E-state index contributed by atoms with van der Waals surface area (Å²) >= 11 is 0. The van der Waals surface area contributed by atoms with E-state index in [-0.39, 0.29) is 0 Å². The van der Waals surface area contributed by atoms with Gasteiger partial charge < -0.3 is 0 Å². The number of aliphatic imine (C=N–C) groups is 1. The molecule has 0 aromatic rings. The zero-order valence-corrected chi connectivity index (χ0v) is 5.39. The van der Waals surface area contributed by atoms with Crippen molar-refractivity contribution in [3.8, 4) is 0 Å². The molecule has 0 saturated heterocycles. The summed E-state index contributed by atoms with van der Waals surface area (Å²) in [7, 11) is 0. The third-order valence-electron chi connectivity index (χ3n) is 0.779. The first kappa shape index (κ1) is 7.15. The first-order chi connectivity index (χ1) is 3.81. The lowest BCUT2D eigenvalue weighted by Crippen LogP contribution is -1.61. The van der Waals surface area contributed by atoms with E-state index in [0.717, 1.165) is 5.70 Å². The van der Waals surface area contributed by atoms with Gasteiger partial charge in [0.15, 0.2) is 0 Å². The summed E-state index contributed by atoms with van der Waals surface area (Å²) in [5.74, 6) is 0. The summed E-state index contributed by atoms with van der Waals surface area (Å²) in [6.07, 6.45) is 5.80. The zero-order valence-electron chi connectivity index (χ0n) is 5.39. The fraction of sp³-hybridized carbons (Fsp3) is 0.286. The van der Waals surface area contributed by atoms with E-state index in [1.165, 1.54) is 0 Å². The summed E-state index contributed by atoms with van der Waals surface area (Å²) in [5.41, 5.74) is 0.947. The minimum atomic E-state index is 0.947. The minimum absolute atomic E-state index is 0.947. The van der Waals surface area contributed by atoms with Gasteiger partial charge in [-0.1, -0.05) is 12.2 Å². The molecule has 1 heteroatoms. The molecule has 0 saturated carbocycles. The monoisotopic (exact) mass is 109 g/mol. The Kier molecular flexibility index (Phi) is 3.85. The molecule has 0 aromatic carbocycles. The van der Waals surface area contributed by atoms with E-state index < -0.39 is 0 Å². The molecule has 0 heterocycles. The summed E-state index contributed by atoms with van der Waals surface area (Å²) in [5, 5.41) is 0. The zero-order chi connectivity index (χ0) is 6.41. The molecule has 0 aliphatic rings. The Hall–Kier alpha value is -0.850. The molecule has 0 spiro atoms. The molecule has 0 aliphatic carbocycles. The van der Waals surface area contributed by atoms with Gasteiger partial charge in [-0.25, -0.2) is 0 Å². The Balaban J connectivity index is 3.74. The summed E-state index contributed by atoms with van der Waals surface area (Å²) in [6.45, 7) is 7.24. The van der Waals surface area contributed by atoms with E-state index in [1.807, 2.05) is 32.1 Å². The molecule has 0 atom stereocenters. The Bertz CT molecular complexity index is 120. The van der Waals surface area contributed by atoms with Crippen molar-refractivity contribution in [2.75, 3.05) is 0 Å². The average molecular weight is 109 g/mol. The first-order valence-corrected chi connectivity index (χ1v) is 2.57. The minimum Gasteiger partial charge on any atom is -0.269 e. The highest BCUT2D eigenvalue weighted by Crippen LogP contribution is 1.90. The van der Waals surface area contributed by atoms with Crippen molar-refractivity contribution in [1.82, 2.24) is 0 Å². The van der Waals surface area contributed by atoms with Crippen molar-refractivity contribution in [3.63, 3.8) is 0 Å². The van der Waals surface area contributed by atoms with Crippen molar-refractivity contribution in [2.24, 2.45) is 4.99 Å². The predicted octanol–water partition coefficient (Wildman–Crippen LogP) is 2.17. The molecular weight excluding hydrogens is 98.1 g/mol. The van der Waals surface area contributed by atoms with Crippen LogP contribution in [0.25, 0.3) is 0 Å². The number of nitrogens with zero attached hydrogens (tertiary/aromatic N) is 1. The van der Waals surface area contributed by atoms with Crippen molar-refractivity contribution < 1.29 is 0 Å². The highest BCUT2D eigenvalue weighted by Gasteiger charge is 1.71.